The Morgan fingerprint density at radius 3 is 2.33 bits per heavy atom. The van der Waals surface area contributed by atoms with Crippen molar-refractivity contribution in [1.29, 1.82) is 0 Å². The van der Waals surface area contributed by atoms with E-state index in [1.807, 2.05) is 18.3 Å². The van der Waals surface area contributed by atoms with Gasteiger partial charge in [0.05, 0.1) is 18.4 Å². The molecule has 0 atom stereocenters. The molecule has 0 bridgehead atoms. The molecule has 0 aliphatic rings. The number of hydrogen-bond acceptors (Lipinski definition) is 3. The van der Waals surface area contributed by atoms with Crippen LogP contribution >= 0.6 is 0 Å². The van der Waals surface area contributed by atoms with E-state index in [0.717, 1.165) is 29.1 Å². The fraction of sp³-hybridized carbons (Fsp3) is 0.217. The van der Waals surface area contributed by atoms with Crippen LogP contribution in [0.15, 0.2) is 59.6 Å². The van der Waals surface area contributed by atoms with E-state index in [-0.39, 0.29) is 5.97 Å². The lowest BCUT2D eigenvalue weighted by Crippen LogP contribution is -2.00. The van der Waals surface area contributed by atoms with Gasteiger partial charge in [-0.05, 0) is 68.3 Å². The molecule has 1 heterocycles. The van der Waals surface area contributed by atoms with Gasteiger partial charge in [-0.25, -0.2) is 4.79 Å². The average Bonchev–Trinajstić information content (AvgIpc) is 2.99. The molecule has 0 aliphatic carbocycles. The molecule has 0 saturated heterocycles. The Bertz CT molecular complexity index is 965. The maximum Gasteiger partial charge on any atom is 0.337 e. The number of hydrogen-bond donors (Lipinski definition) is 0. The Morgan fingerprint density at radius 1 is 1.07 bits per heavy atom. The third-order valence-electron chi connectivity index (χ3n) is 4.71. The number of ether oxygens (including phenoxy) is 1. The zero-order chi connectivity index (χ0) is 19.4. The van der Waals surface area contributed by atoms with Crippen LogP contribution in [0.1, 0.15) is 39.8 Å². The number of carbonyl (C=O) groups is 1. The van der Waals surface area contributed by atoms with Crippen molar-refractivity contribution in [2.45, 2.75) is 27.2 Å². The second kappa shape index (κ2) is 8.04. The quantitative estimate of drug-likeness (QED) is 0.464. The topological polar surface area (TPSA) is 43.6 Å². The van der Waals surface area contributed by atoms with Crippen molar-refractivity contribution in [3.8, 4) is 5.69 Å². The number of methoxy groups -OCH3 is 1. The lowest BCUT2D eigenvalue weighted by atomic mass is 10.1. The molecule has 0 fully saturated rings. The van der Waals surface area contributed by atoms with Crippen molar-refractivity contribution in [2.75, 3.05) is 7.11 Å². The number of esters is 1. The molecule has 0 radical (unpaired) electrons. The summed E-state index contributed by atoms with van der Waals surface area (Å²) >= 11 is 0. The van der Waals surface area contributed by atoms with Crippen LogP contribution in [0.2, 0.25) is 0 Å². The van der Waals surface area contributed by atoms with Gasteiger partial charge >= 0.3 is 5.97 Å². The van der Waals surface area contributed by atoms with Crippen LogP contribution in [-0.4, -0.2) is 23.9 Å². The van der Waals surface area contributed by atoms with Crippen molar-refractivity contribution in [1.82, 2.24) is 4.57 Å². The van der Waals surface area contributed by atoms with E-state index < -0.39 is 0 Å². The molecule has 3 rings (SSSR count). The van der Waals surface area contributed by atoms with Crippen LogP contribution in [0, 0.1) is 13.8 Å². The number of aromatic nitrogens is 1. The highest BCUT2D eigenvalue weighted by Crippen LogP contribution is 2.21. The molecule has 4 nitrogen and oxygen atoms in total. The highest BCUT2D eigenvalue weighted by atomic mass is 16.5. The smallest absolute Gasteiger partial charge is 0.337 e. The van der Waals surface area contributed by atoms with Gasteiger partial charge in [0.25, 0.3) is 0 Å². The van der Waals surface area contributed by atoms with Gasteiger partial charge in [-0.3, -0.25) is 4.99 Å². The van der Waals surface area contributed by atoms with Crippen LogP contribution in [0.5, 0.6) is 0 Å². The number of carbonyl (C=O) groups excluding carboxylic acids is 1. The molecule has 3 aromatic rings. The third kappa shape index (κ3) is 4.00. The molecule has 4 heteroatoms. The highest BCUT2D eigenvalue weighted by Gasteiger charge is 2.09. The van der Waals surface area contributed by atoms with Crippen molar-refractivity contribution in [3.63, 3.8) is 0 Å². The molecule has 0 unspecified atom stereocenters. The summed E-state index contributed by atoms with van der Waals surface area (Å²) in [5.74, 6) is -0.344. The van der Waals surface area contributed by atoms with E-state index in [0.29, 0.717) is 5.56 Å². The minimum atomic E-state index is -0.344. The van der Waals surface area contributed by atoms with Gasteiger partial charge in [-0.15, -0.1) is 0 Å². The molecule has 138 valence electrons. The van der Waals surface area contributed by atoms with Gasteiger partial charge in [0, 0.05) is 28.9 Å². The highest BCUT2D eigenvalue weighted by molar-refractivity contribution is 5.90. The molecule has 0 N–H and O–H groups in total. The van der Waals surface area contributed by atoms with E-state index in [4.69, 9.17) is 4.74 Å². The standard InChI is InChI=1S/C23H24N2O2/c1-5-18-6-12-22(13-7-18)25-16(2)14-20(17(25)3)15-24-21-10-8-19(9-11-21)23(26)27-4/h6-15H,5H2,1-4H3. The summed E-state index contributed by atoms with van der Waals surface area (Å²) in [7, 11) is 1.37. The Hall–Kier alpha value is -3.14. The number of rotatable bonds is 5. The second-order valence-electron chi connectivity index (χ2n) is 6.48. The Morgan fingerprint density at radius 2 is 1.74 bits per heavy atom. The lowest BCUT2D eigenvalue weighted by molar-refractivity contribution is 0.0601. The van der Waals surface area contributed by atoms with E-state index in [1.165, 1.54) is 18.4 Å². The molecular weight excluding hydrogens is 336 g/mol. The third-order valence-corrected chi connectivity index (χ3v) is 4.71. The number of benzene rings is 2. The molecule has 2 aromatic carbocycles. The molecule has 0 spiro atoms. The predicted octanol–water partition coefficient (Wildman–Crippen LogP) is 5.19. The van der Waals surface area contributed by atoms with Crippen LogP contribution in [0.25, 0.3) is 5.69 Å². The van der Waals surface area contributed by atoms with E-state index in [9.17, 15) is 4.79 Å². The maximum absolute atomic E-state index is 11.5. The minimum absolute atomic E-state index is 0.344. The molecule has 0 saturated carbocycles. The first-order chi connectivity index (χ1) is 13.0. The zero-order valence-corrected chi connectivity index (χ0v) is 16.2. The van der Waals surface area contributed by atoms with Gasteiger partial charge < -0.3 is 9.30 Å². The number of aliphatic imine (C=N–C) groups is 1. The summed E-state index contributed by atoms with van der Waals surface area (Å²) in [5, 5.41) is 0. The molecule has 0 amide bonds. The van der Waals surface area contributed by atoms with Gasteiger partial charge in [-0.1, -0.05) is 19.1 Å². The SMILES string of the molecule is CCc1ccc(-n2c(C)cc(C=Nc3ccc(C(=O)OC)cc3)c2C)cc1. The summed E-state index contributed by atoms with van der Waals surface area (Å²) in [6.07, 6.45) is 2.91. The van der Waals surface area contributed by atoms with Crippen LogP contribution < -0.4 is 0 Å². The Kier molecular flexibility index (Phi) is 5.55. The summed E-state index contributed by atoms with van der Waals surface area (Å²) < 4.78 is 6.95. The van der Waals surface area contributed by atoms with Crippen molar-refractivity contribution >= 4 is 17.9 Å². The fourth-order valence-corrected chi connectivity index (χ4v) is 3.14. The van der Waals surface area contributed by atoms with E-state index >= 15 is 0 Å². The predicted molar refractivity (Wildman–Crippen MR) is 110 cm³/mol. The first-order valence-electron chi connectivity index (χ1n) is 9.04. The van der Waals surface area contributed by atoms with E-state index in [2.05, 4.69) is 60.7 Å². The summed E-state index contributed by atoms with van der Waals surface area (Å²) in [5.41, 5.74) is 7.18. The molecule has 0 aliphatic heterocycles. The average molecular weight is 360 g/mol. The number of nitrogens with zero attached hydrogens (tertiary/aromatic N) is 2. The van der Waals surface area contributed by atoms with Gasteiger partial charge in [0.1, 0.15) is 0 Å². The van der Waals surface area contributed by atoms with Crippen LogP contribution in [0.3, 0.4) is 0 Å². The first kappa shape index (κ1) is 18.6. The van der Waals surface area contributed by atoms with Gasteiger partial charge in [0.2, 0.25) is 0 Å². The molecule has 27 heavy (non-hydrogen) atoms. The Labute approximate surface area is 160 Å². The Balaban J connectivity index is 1.85. The second-order valence-corrected chi connectivity index (χ2v) is 6.48. The van der Waals surface area contributed by atoms with Gasteiger partial charge in [0.15, 0.2) is 0 Å². The van der Waals surface area contributed by atoms with E-state index in [1.54, 1.807) is 12.1 Å². The maximum atomic E-state index is 11.5. The van der Waals surface area contributed by atoms with Gasteiger partial charge in [-0.2, -0.15) is 0 Å². The van der Waals surface area contributed by atoms with Crippen molar-refractivity contribution in [3.05, 3.63) is 82.7 Å². The lowest BCUT2D eigenvalue weighted by Gasteiger charge is -2.10. The first-order valence-corrected chi connectivity index (χ1v) is 9.04. The van der Waals surface area contributed by atoms with Crippen molar-refractivity contribution in [2.24, 2.45) is 4.99 Å². The van der Waals surface area contributed by atoms with Crippen molar-refractivity contribution < 1.29 is 9.53 Å². The fourth-order valence-electron chi connectivity index (χ4n) is 3.14. The monoisotopic (exact) mass is 360 g/mol. The largest absolute Gasteiger partial charge is 0.465 e. The van der Waals surface area contributed by atoms with Crippen LogP contribution in [0.4, 0.5) is 5.69 Å². The molecular formula is C23H24N2O2. The minimum Gasteiger partial charge on any atom is -0.465 e. The summed E-state index contributed by atoms with van der Waals surface area (Å²) in [4.78, 5) is 16.0. The zero-order valence-electron chi connectivity index (χ0n) is 16.2. The molecule has 1 aromatic heterocycles. The number of aryl methyl sites for hydroxylation is 2. The summed E-state index contributed by atoms with van der Waals surface area (Å²) in [6.45, 7) is 6.36. The summed E-state index contributed by atoms with van der Waals surface area (Å²) in [6, 6.07) is 17.9. The normalized spacial score (nSPS) is 11.1. The van der Waals surface area contributed by atoms with Crippen LogP contribution in [-0.2, 0) is 11.2 Å².